The summed E-state index contributed by atoms with van der Waals surface area (Å²) in [5.41, 5.74) is 0. The van der Waals surface area contributed by atoms with Crippen LogP contribution < -0.4 is 5.32 Å². The van der Waals surface area contributed by atoms with Gasteiger partial charge in [0, 0.05) is 13.1 Å². The molecular formula is C15H28N2. The summed E-state index contributed by atoms with van der Waals surface area (Å²) in [7, 11) is 0. The number of rotatable bonds is 3. The predicted molar refractivity (Wildman–Crippen MR) is 72.1 cm³/mol. The second-order valence-electron chi connectivity index (χ2n) is 6.66. The van der Waals surface area contributed by atoms with Crippen LogP contribution in [-0.4, -0.2) is 37.6 Å². The Bertz CT molecular complexity index is 223. The third-order valence-electron chi connectivity index (χ3n) is 5.18. The van der Waals surface area contributed by atoms with Gasteiger partial charge in [-0.3, -0.25) is 0 Å². The molecule has 98 valence electrons. The third-order valence-corrected chi connectivity index (χ3v) is 5.18. The number of hydrogen-bond donors (Lipinski definition) is 1. The maximum absolute atomic E-state index is 3.54. The summed E-state index contributed by atoms with van der Waals surface area (Å²) in [5.74, 6) is 3.06. The van der Waals surface area contributed by atoms with Crippen LogP contribution in [0, 0.1) is 17.8 Å². The molecule has 1 saturated carbocycles. The van der Waals surface area contributed by atoms with Crippen LogP contribution in [0.25, 0.3) is 0 Å². The van der Waals surface area contributed by atoms with E-state index in [0.29, 0.717) is 0 Å². The van der Waals surface area contributed by atoms with Crippen molar-refractivity contribution in [3.63, 3.8) is 0 Å². The minimum Gasteiger partial charge on any atom is -0.316 e. The van der Waals surface area contributed by atoms with Gasteiger partial charge in [0.1, 0.15) is 0 Å². The molecule has 2 saturated heterocycles. The molecule has 1 N–H and O–H groups in total. The van der Waals surface area contributed by atoms with Crippen molar-refractivity contribution in [2.45, 2.75) is 44.9 Å². The minimum atomic E-state index is 0.963. The fraction of sp³-hybridized carbons (Fsp3) is 1.00. The SMILES string of the molecule is C1CNCC(CCN2CC3CCCC(C3)C2)C1. The Hall–Kier alpha value is -0.0800. The van der Waals surface area contributed by atoms with Crippen LogP contribution in [0.3, 0.4) is 0 Å². The molecule has 3 unspecified atom stereocenters. The zero-order valence-electron chi connectivity index (χ0n) is 11.2. The number of likely N-dealkylation sites (tertiary alicyclic amines) is 1. The first kappa shape index (κ1) is 12.0. The second kappa shape index (κ2) is 5.71. The quantitative estimate of drug-likeness (QED) is 0.810. The number of piperidine rings is 2. The number of fused-ring (bicyclic) bond motifs is 2. The van der Waals surface area contributed by atoms with Gasteiger partial charge in [-0.05, 0) is 75.9 Å². The van der Waals surface area contributed by atoms with Crippen molar-refractivity contribution < 1.29 is 0 Å². The maximum Gasteiger partial charge on any atom is 0.000988 e. The van der Waals surface area contributed by atoms with Crippen LogP contribution in [0.1, 0.15) is 44.9 Å². The molecule has 3 fully saturated rings. The Morgan fingerprint density at radius 2 is 1.82 bits per heavy atom. The van der Waals surface area contributed by atoms with Crippen molar-refractivity contribution in [3.8, 4) is 0 Å². The predicted octanol–water partition coefficient (Wildman–Crippen LogP) is 2.50. The molecule has 2 bridgehead atoms. The lowest BCUT2D eigenvalue weighted by Crippen LogP contribution is -2.43. The highest BCUT2D eigenvalue weighted by molar-refractivity contribution is 4.84. The van der Waals surface area contributed by atoms with Crippen molar-refractivity contribution in [2.75, 3.05) is 32.7 Å². The lowest BCUT2D eigenvalue weighted by Gasteiger charge is -2.42. The van der Waals surface area contributed by atoms with E-state index in [4.69, 9.17) is 0 Å². The Kier molecular flexibility index (Phi) is 4.02. The average molecular weight is 236 g/mol. The van der Waals surface area contributed by atoms with E-state index >= 15 is 0 Å². The summed E-state index contributed by atoms with van der Waals surface area (Å²) in [6, 6.07) is 0. The van der Waals surface area contributed by atoms with Crippen molar-refractivity contribution >= 4 is 0 Å². The van der Waals surface area contributed by atoms with Gasteiger partial charge in [0.15, 0.2) is 0 Å². The summed E-state index contributed by atoms with van der Waals surface area (Å²) in [6.45, 7) is 6.73. The molecule has 3 aliphatic rings. The molecule has 1 aliphatic carbocycles. The van der Waals surface area contributed by atoms with Crippen molar-refractivity contribution in [1.82, 2.24) is 10.2 Å². The van der Waals surface area contributed by atoms with Gasteiger partial charge >= 0.3 is 0 Å². The number of nitrogens with zero attached hydrogens (tertiary/aromatic N) is 1. The molecule has 0 radical (unpaired) electrons. The van der Waals surface area contributed by atoms with E-state index < -0.39 is 0 Å². The molecule has 0 amide bonds. The fourth-order valence-corrected chi connectivity index (χ4v) is 4.26. The van der Waals surface area contributed by atoms with E-state index in [0.717, 1.165) is 17.8 Å². The van der Waals surface area contributed by atoms with E-state index in [1.54, 1.807) is 6.42 Å². The third kappa shape index (κ3) is 3.23. The molecule has 2 nitrogen and oxygen atoms in total. The smallest absolute Gasteiger partial charge is 0.000988 e. The van der Waals surface area contributed by atoms with Gasteiger partial charge in [-0.15, -0.1) is 0 Å². The van der Waals surface area contributed by atoms with E-state index in [9.17, 15) is 0 Å². The Labute approximate surface area is 106 Å². The van der Waals surface area contributed by atoms with Crippen molar-refractivity contribution in [3.05, 3.63) is 0 Å². The Morgan fingerprint density at radius 1 is 1.00 bits per heavy atom. The molecule has 2 aliphatic heterocycles. The van der Waals surface area contributed by atoms with Crippen LogP contribution >= 0.6 is 0 Å². The zero-order chi connectivity index (χ0) is 11.5. The van der Waals surface area contributed by atoms with E-state index in [2.05, 4.69) is 10.2 Å². The van der Waals surface area contributed by atoms with Crippen LogP contribution in [0.5, 0.6) is 0 Å². The second-order valence-corrected chi connectivity index (χ2v) is 6.66. The first-order valence-electron chi connectivity index (χ1n) is 7.83. The first-order valence-corrected chi connectivity index (χ1v) is 7.83. The molecule has 3 rings (SSSR count). The summed E-state index contributed by atoms with van der Waals surface area (Å²) in [6.07, 6.45) is 10.4. The molecule has 0 aromatic rings. The highest BCUT2D eigenvalue weighted by Crippen LogP contribution is 2.34. The minimum absolute atomic E-state index is 0.963. The molecule has 3 atom stereocenters. The summed E-state index contributed by atoms with van der Waals surface area (Å²) >= 11 is 0. The maximum atomic E-state index is 3.54. The van der Waals surface area contributed by atoms with Gasteiger partial charge in [-0.25, -0.2) is 0 Å². The van der Waals surface area contributed by atoms with Crippen LogP contribution in [0.2, 0.25) is 0 Å². The van der Waals surface area contributed by atoms with Crippen molar-refractivity contribution in [1.29, 1.82) is 0 Å². The van der Waals surface area contributed by atoms with Gasteiger partial charge in [0.2, 0.25) is 0 Å². The summed E-state index contributed by atoms with van der Waals surface area (Å²) in [4.78, 5) is 2.78. The normalized spacial score (nSPS) is 39.2. The van der Waals surface area contributed by atoms with E-state index in [1.807, 2.05) is 0 Å². The first-order chi connectivity index (χ1) is 8.40. The highest BCUT2D eigenvalue weighted by Gasteiger charge is 2.30. The Balaban J connectivity index is 1.42. The van der Waals surface area contributed by atoms with Gasteiger partial charge in [0.25, 0.3) is 0 Å². The lowest BCUT2D eigenvalue weighted by atomic mass is 9.78. The largest absolute Gasteiger partial charge is 0.316 e. The van der Waals surface area contributed by atoms with Gasteiger partial charge < -0.3 is 10.2 Å². The van der Waals surface area contributed by atoms with Crippen molar-refractivity contribution in [2.24, 2.45) is 17.8 Å². The van der Waals surface area contributed by atoms with E-state index in [-0.39, 0.29) is 0 Å². The summed E-state index contributed by atoms with van der Waals surface area (Å²) in [5, 5.41) is 3.54. The highest BCUT2D eigenvalue weighted by atomic mass is 15.1. The lowest BCUT2D eigenvalue weighted by molar-refractivity contribution is 0.0804. The Morgan fingerprint density at radius 3 is 2.53 bits per heavy atom. The average Bonchev–Trinajstić information content (AvgIpc) is 2.37. The van der Waals surface area contributed by atoms with Crippen LogP contribution in [0.15, 0.2) is 0 Å². The molecule has 17 heavy (non-hydrogen) atoms. The van der Waals surface area contributed by atoms with Gasteiger partial charge in [-0.1, -0.05) is 6.42 Å². The molecule has 0 aromatic carbocycles. The topological polar surface area (TPSA) is 15.3 Å². The molecule has 2 heteroatoms. The van der Waals surface area contributed by atoms with Crippen LogP contribution in [-0.2, 0) is 0 Å². The summed E-state index contributed by atoms with van der Waals surface area (Å²) < 4.78 is 0. The molecule has 0 spiro atoms. The number of hydrogen-bond acceptors (Lipinski definition) is 2. The van der Waals surface area contributed by atoms with Gasteiger partial charge in [0.05, 0.1) is 0 Å². The molecule has 0 aromatic heterocycles. The molecule has 2 heterocycles. The standard InChI is InChI=1S/C15H28N2/c1-3-14-9-15(4-1)12-17(11-14)8-6-13-5-2-7-16-10-13/h13-16H,1-12H2. The molecular weight excluding hydrogens is 208 g/mol. The van der Waals surface area contributed by atoms with E-state index in [1.165, 1.54) is 71.2 Å². The zero-order valence-corrected chi connectivity index (χ0v) is 11.2. The van der Waals surface area contributed by atoms with Gasteiger partial charge in [-0.2, -0.15) is 0 Å². The number of nitrogens with one attached hydrogen (secondary N) is 1. The van der Waals surface area contributed by atoms with Crippen LogP contribution in [0.4, 0.5) is 0 Å². The monoisotopic (exact) mass is 236 g/mol. The fourth-order valence-electron chi connectivity index (χ4n) is 4.26.